The maximum atomic E-state index is 12.4. The number of carbonyl (C=O) groups is 2. The minimum absolute atomic E-state index is 0.423. The maximum Gasteiger partial charge on any atom is 0.325 e. The van der Waals surface area contributed by atoms with E-state index in [1.807, 2.05) is 30.3 Å². The second-order valence-corrected chi connectivity index (χ2v) is 7.86. The van der Waals surface area contributed by atoms with Gasteiger partial charge in [0.05, 0.1) is 17.1 Å². The van der Waals surface area contributed by atoms with Crippen LogP contribution in [0.15, 0.2) is 59.9 Å². The van der Waals surface area contributed by atoms with E-state index in [-0.39, 0.29) is 0 Å². The molecule has 0 unspecified atom stereocenters. The molecule has 0 aliphatic carbocycles. The first kappa shape index (κ1) is 19.8. The summed E-state index contributed by atoms with van der Waals surface area (Å²) in [5, 5.41) is 5.05. The van der Waals surface area contributed by atoms with Gasteiger partial charge in [0.25, 0.3) is 0 Å². The molecule has 1 atom stereocenters. The number of amides is 3. The summed E-state index contributed by atoms with van der Waals surface area (Å²) in [4.78, 5) is 32.1. The fourth-order valence-corrected chi connectivity index (χ4v) is 3.63. The molecule has 1 aliphatic heterocycles. The topological polar surface area (TPSA) is 105 Å². The number of imide groups is 1. The first-order valence-electron chi connectivity index (χ1n) is 9.37. The third-order valence-corrected chi connectivity index (χ3v) is 5.33. The number of H-pyrrole nitrogens is 1. The molecule has 9 heteroatoms. The van der Waals surface area contributed by atoms with Crippen molar-refractivity contribution in [2.75, 3.05) is 18.5 Å². The Morgan fingerprint density at radius 3 is 2.67 bits per heavy atom. The van der Waals surface area contributed by atoms with Crippen LogP contribution in [0.25, 0.3) is 11.3 Å². The summed E-state index contributed by atoms with van der Waals surface area (Å²) in [5.74, 6) is 0.760. The summed E-state index contributed by atoms with van der Waals surface area (Å²) in [5.41, 5.74) is 2.37. The van der Waals surface area contributed by atoms with Gasteiger partial charge in [0.15, 0.2) is 16.7 Å². The number of ether oxygens (including phenoxy) is 2. The Kier molecular flexibility index (Phi) is 5.89. The van der Waals surface area contributed by atoms with Crippen LogP contribution >= 0.6 is 11.8 Å². The predicted octanol–water partition coefficient (Wildman–Crippen LogP) is 3.68. The van der Waals surface area contributed by atoms with E-state index in [4.69, 9.17) is 9.47 Å². The molecule has 154 valence electrons. The van der Waals surface area contributed by atoms with Crippen molar-refractivity contribution in [1.29, 1.82) is 0 Å². The number of anilines is 1. The quantitative estimate of drug-likeness (QED) is 0.540. The zero-order valence-corrected chi connectivity index (χ0v) is 17.0. The first-order valence-corrected chi connectivity index (χ1v) is 10.2. The summed E-state index contributed by atoms with van der Waals surface area (Å²) >= 11 is 1.24. The van der Waals surface area contributed by atoms with Crippen molar-refractivity contribution in [3.05, 3.63) is 54.7 Å². The van der Waals surface area contributed by atoms with Crippen LogP contribution in [-0.2, 0) is 4.79 Å². The molecule has 0 fully saturated rings. The molecule has 3 N–H and O–H groups in total. The summed E-state index contributed by atoms with van der Waals surface area (Å²) < 4.78 is 10.9. The smallest absolute Gasteiger partial charge is 0.325 e. The largest absolute Gasteiger partial charge is 0.486 e. The molecule has 1 aliphatic rings. The molecule has 2 heterocycles. The third kappa shape index (κ3) is 4.74. The van der Waals surface area contributed by atoms with Crippen LogP contribution in [0.3, 0.4) is 0 Å². The standard InChI is InChI=1S/C21H20N4O4S/c1-13(30-21-22-12-16(24-21)14-5-3-2-4-6-14)19(26)25-20(27)23-15-7-8-17-18(11-15)29-10-9-28-17/h2-8,11-13H,9-10H2,1H3,(H,22,24)(H2,23,25,26,27)/t13-/m0/s1. The van der Waals surface area contributed by atoms with Crippen LogP contribution in [0.4, 0.5) is 10.5 Å². The van der Waals surface area contributed by atoms with Gasteiger partial charge in [-0.25, -0.2) is 9.78 Å². The number of hydrogen-bond acceptors (Lipinski definition) is 6. The van der Waals surface area contributed by atoms with Crippen LogP contribution in [0, 0.1) is 0 Å². The van der Waals surface area contributed by atoms with Crippen molar-refractivity contribution < 1.29 is 19.1 Å². The molecule has 0 radical (unpaired) electrons. The number of nitrogens with zero attached hydrogens (tertiary/aromatic N) is 1. The molecule has 0 saturated carbocycles. The molecule has 2 aromatic carbocycles. The molecule has 0 saturated heterocycles. The fraction of sp³-hybridized carbons (Fsp3) is 0.190. The normalized spacial score (nSPS) is 13.4. The molecular formula is C21H20N4O4S. The second kappa shape index (κ2) is 8.91. The second-order valence-electron chi connectivity index (χ2n) is 6.53. The van der Waals surface area contributed by atoms with Gasteiger partial charge in [-0.15, -0.1) is 0 Å². The highest BCUT2D eigenvalue weighted by molar-refractivity contribution is 8.00. The summed E-state index contributed by atoms with van der Waals surface area (Å²) in [7, 11) is 0. The van der Waals surface area contributed by atoms with Gasteiger partial charge in [-0.1, -0.05) is 42.1 Å². The number of nitrogens with one attached hydrogen (secondary N) is 3. The number of fused-ring (bicyclic) bond motifs is 1. The molecule has 0 spiro atoms. The number of imidazole rings is 1. The average molecular weight is 424 g/mol. The summed E-state index contributed by atoms with van der Waals surface area (Å²) in [6, 6.07) is 14.2. The van der Waals surface area contributed by atoms with Crippen molar-refractivity contribution in [3.63, 3.8) is 0 Å². The first-order chi connectivity index (χ1) is 14.6. The van der Waals surface area contributed by atoms with Gasteiger partial charge >= 0.3 is 6.03 Å². The monoisotopic (exact) mass is 424 g/mol. The van der Waals surface area contributed by atoms with Gasteiger partial charge in [0, 0.05) is 11.8 Å². The van der Waals surface area contributed by atoms with Crippen LogP contribution < -0.4 is 20.1 Å². The number of aromatic amines is 1. The van der Waals surface area contributed by atoms with E-state index in [9.17, 15) is 9.59 Å². The molecular weight excluding hydrogens is 404 g/mol. The highest BCUT2D eigenvalue weighted by atomic mass is 32.2. The molecule has 3 aromatic rings. The van der Waals surface area contributed by atoms with Crippen LogP contribution in [-0.4, -0.2) is 40.4 Å². The van der Waals surface area contributed by atoms with Gasteiger partial charge < -0.3 is 19.8 Å². The Morgan fingerprint density at radius 1 is 1.10 bits per heavy atom. The Labute approximate surface area is 177 Å². The number of urea groups is 1. The Balaban J connectivity index is 1.31. The van der Waals surface area contributed by atoms with Crippen molar-refractivity contribution in [2.45, 2.75) is 17.3 Å². The van der Waals surface area contributed by atoms with Crippen molar-refractivity contribution >= 4 is 29.4 Å². The average Bonchev–Trinajstić information content (AvgIpc) is 3.22. The third-order valence-electron chi connectivity index (χ3n) is 4.33. The van der Waals surface area contributed by atoms with Crippen molar-refractivity contribution in [2.24, 2.45) is 0 Å². The zero-order valence-electron chi connectivity index (χ0n) is 16.2. The minimum Gasteiger partial charge on any atom is -0.486 e. The zero-order chi connectivity index (χ0) is 20.9. The van der Waals surface area contributed by atoms with Crippen molar-refractivity contribution in [1.82, 2.24) is 15.3 Å². The highest BCUT2D eigenvalue weighted by Gasteiger charge is 2.19. The summed E-state index contributed by atoms with van der Waals surface area (Å²) in [6.45, 7) is 2.66. The lowest BCUT2D eigenvalue weighted by Crippen LogP contribution is -2.38. The van der Waals surface area contributed by atoms with E-state index in [0.29, 0.717) is 35.6 Å². The molecule has 4 rings (SSSR count). The van der Waals surface area contributed by atoms with E-state index in [0.717, 1.165) is 11.3 Å². The maximum absolute atomic E-state index is 12.4. The van der Waals surface area contributed by atoms with Crippen molar-refractivity contribution in [3.8, 4) is 22.8 Å². The van der Waals surface area contributed by atoms with E-state index in [1.165, 1.54) is 11.8 Å². The number of carbonyl (C=O) groups excluding carboxylic acids is 2. The fourth-order valence-electron chi connectivity index (χ4n) is 2.85. The van der Waals surface area contributed by atoms with Gasteiger partial charge in [0.2, 0.25) is 5.91 Å². The number of aromatic nitrogens is 2. The Bertz CT molecular complexity index is 1050. The molecule has 3 amide bonds. The number of thioether (sulfide) groups is 1. The van der Waals surface area contributed by atoms with Gasteiger partial charge in [-0.05, 0) is 24.6 Å². The van der Waals surface area contributed by atoms with Gasteiger partial charge in [0.1, 0.15) is 13.2 Å². The SMILES string of the molecule is C[C@H](Sc1ncc(-c2ccccc2)[nH]1)C(=O)NC(=O)Nc1ccc2c(c1)OCCO2. The van der Waals surface area contributed by atoms with E-state index in [2.05, 4.69) is 20.6 Å². The highest BCUT2D eigenvalue weighted by Crippen LogP contribution is 2.32. The summed E-state index contributed by atoms with van der Waals surface area (Å²) in [6.07, 6.45) is 1.72. The number of hydrogen-bond donors (Lipinski definition) is 3. The van der Waals surface area contributed by atoms with Crippen LogP contribution in [0.5, 0.6) is 11.5 Å². The number of benzene rings is 2. The van der Waals surface area contributed by atoms with E-state index >= 15 is 0 Å². The minimum atomic E-state index is -0.617. The van der Waals surface area contributed by atoms with E-state index in [1.54, 1.807) is 31.3 Å². The number of rotatable bonds is 5. The lowest BCUT2D eigenvalue weighted by molar-refractivity contribution is -0.119. The van der Waals surface area contributed by atoms with Crippen LogP contribution in [0.1, 0.15) is 6.92 Å². The van der Waals surface area contributed by atoms with Gasteiger partial charge in [-0.3, -0.25) is 10.1 Å². The Morgan fingerprint density at radius 2 is 1.87 bits per heavy atom. The molecule has 30 heavy (non-hydrogen) atoms. The van der Waals surface area contributed by atoms with E-state index < -0.39 is 17.2 Å². The molecule has 0 bridgehead atoms. The Hall–Kier alpha value is -3.46. The van der Waals surface area contributed by atoms with Gasteiger partial charge in [-0.2, -0.15) is 0 Å². The lowest BCUT2D eigenvalue weighted by atomic mass is 10.2. The predicted molar refractivity (Wildman–Crippen MR) is 114 cm³/mol. The lowest BCUT2D eigenvalue weighted by Gasteiger charge is -2.19. The molecule has 1 aromatic heterocycles. The van der Waals surface area contributed by atoms with Crippen LogP contribution in [0.2, 0.25) is 0 Å². The molecule has 8 nitrogen and oxygen atoms in total.